The van der Waals surface area contributed by atoms with Gasteiger partial charge < -0.3 is 15.3 Å². The minimum absolute atomic E-state index is 0.123. The van der Waals surface area contributed by atoms with Gasteiger partial charge in [-0.1, -0.05) is 39.8 Å². The minimum atomic E-state index is 0.123. The quantitative estimate of drug-likeness (QED) is 0.828. The van der Waals surface area contributed by atoms with E-state index in [0.29, 0.717) is 31.4 Å². The number of anilines is 1. The second-order valence-corrected chi connectivity index (χ2v) is 8.53. The van der Waals surface area contributed by atoms with Crippen LogP contribution in [-0.2, 0) is 11.3 Å². The summed E-state index contributed by atoms with van der Waals surface area (Å²) in [6.45, 7) is 11.6. The van der Waals surface area contributed by atoms with E-state index in [1.54, 1.807) is 0 Å². The fourth-order valence-corrected chi connectivity index (χ4v) is 3.06. The largest absolute Gasteiger partial charge is 0.396 e. The molecule has 1 aromatic rings. The summed E-state index contributed by atoms with van der Waals surface area (Å²) in [6.07, 6.45) is 2.68. The molecule has 4 heteroatoms. The lowest BCUT2D eigenvalue weighted by Crippen LogP contribution is -2.34. The molecule has 1 heterocycles. The van der Waals surface area contributed by atoms with Gasteiger partial charge in [-0.25, -0.2) is 0 Å². The van der Waals surface area contributed by atoms with Crippen LogP contribution in [0.4, 0.5) is 5.69 Å². The number of nitrogens with one attached hydrogen (secondary N) is 1. The van der Waals surface area contributed by atoms with Crippen molar-refractivity contribution >= 4 is 11.6 Å². The van der Waals surface area contributed by atoms with Crippen molar-refractivity contribution < 1.29 is 9.90 Å². The lowest BCUT2D eigenvalue weighted by molar-refractivity contribution is -0.122. The van der Waals surface area contributed by atoms with Gasteiger partial charge in [-0.3, -0.25) is 4.79 Å². The lowest BCUT2D eigenvalue weighted by Gasteiger charge is -2.33. The highest BCUT2D eigenvalue weighted by Gasteiger charge is 2.22. The first-order valence-electron chi connectivity index (χ1n) is 9.51. The van der Waals surface area contributed by atoms with Crippen molar-refractivity contribution in [2.75, 3.05) is 24.6 Å². The first kappa shape index (κ1) is 19.8. The predicted octanol–water partition coefficient (Wildman–Crippen LogP) is 3.58. The van der Waals surface area contributed by atoms with E-state index in [4.69, 9.17) is 0 Å². The lowest BCUT2D eigenvalue weighted by atomic mass is 9.80. The number of nitrogens with zero attached hydrogens (tertiary/aromatic N) is 1. The highest BCUT2D eigenvalue weighted by molar-refractivity contribution is 5.76. The molecule has 0 aliphatic carbocycles. The van der Waals surface area contributed by atoms with Crippen LogP contribution in [0.1, 0.15) is 52.5 Å². The van der Waals surface area contributed by atoms with Crippen LogP contribution in [-0.4, -0.2) is 30.7 Å². The van der Waals surface area contributed by atoms with Gasteiger partial charge in [0.2, 0.25) is 5.91 Å². The maximum Gasteiger partial charge on any atom is 0.220 e. The second-order valence-electron chi connectivity index (χ2n) is 8.53. The van der Waals surface area contributed by atoms with Crippen molar-refractivity contribution in [3.8, 4) is 0 Å². The Morgan fingerprint density at radius 2 is 1.84 bits per heavy atom. The van der Waals surface area contributed by atoms with E-state index >= 15 is 0 Å². The minimum Gasteiger partial charge on any atom is -0.396 e. The summed E-state index contributed by atoms with van der Waals surface area (Å²) in [7, 11) is 0. The van der Waals surface area contributed by atoms with Crippen molar-refractivity contribution in [2.45, 2.75) is 53.5 Å². The third-order valence-electron chi connectivity index (χ3n) is 5.63. The Morgan fingerprint density at radius 3 is 2.36 bits per heavy atom. The molecule has 0 radical (unpaired) electrons. The van der Waals surface area contributed by atoms with Crippen molar-refractivity contribution in [1.29, 1.82) is 0 Å². The predicted molar refractivity (Wildman–Crippen MR) is 104 cm³/mol. The molecule has 1 amide bonds. The van der Waals surface area contributed by atoms with Crippen LogP contribution in [0.3, 0.4) is 0 Å². The van der Waals surface area contributed by atoms with Gasteiger partial charge in [0.1, 0.15) is 0 Å². The number of benzene rings is 1. The van der Waals surface area contributed by atoms with Gasteiger partial charge in [-0.15, -0.1) is 0 Å². The molecule has 2 N–H and O–H groups in total. The topological polar surface area (TPSA) is 52.6 Å². The molecule has 1 saturated heterocycles. The van der Waals surface area contributed by atoms with E-state index < -0.39 is 0 Å². The number of piperidine rings is 1. The van der Waals surface area contributed by atoms with E-state index in [-0.39, 0.29) is 11.3 Å². The molecule has 1 atom stereocenters. The Kier molecular flexibility index (Phi) is 6.88. The number of aliphatic hydroxyl groups is 1. The Hall–Kier alpha value is -1.55. The average Bonchev–Trinajstić information content (AvgIpc) is 2.59. The molecule has 0 bridgehead atoms. The molecule has 25 heavy (non-hydrogen) atoms. The molecule has 140 valence electrons. The SMILES string of the molecule is CC(CC(=O)NCc1ccc(N2CCC(CO)CC2)cc1)C(C)(C)C. The van der Waals surface area contributed by atoms with Crippen LogP contribution in [0, 0.1) is 17.3 Å². The van der Waals surface area contributed by atoms with Gasteiger partial charge >= 0.3 is 0 Å². The van der Waals surface area contributed by atoms with Crippen molar-refractivity contribution in [1.82, 2.24) is 5.32 Å². The highest BCUT2D eigenvalue weighted by atomic mass is 16.3. The van der Waals surface area contributed by atoms with Gasteiger partial charge in [0.05, 0.1) is 0 Å². The maximum atomic E-state index is 12.1. The van der Waals surface area contributed by atoms with Gasteiger partial charge in [-0.2, -0.15) is 0 Å². The standard InChI is InChI=1S/C21H34N2O2/c1-16(21(2,3)4)13-20(25)22-14-17-5-7-19(8-6-17)23-11-9-18(15-24)10-12-23/h5-8,16,18,24H,9-15H2,1-4H3,(H,22,25). The highest BCUT2D eigenvalue weighted by Crippen LogP contribution is 2.28. The number of hydrogen-bond donors (Lipinski definition) is 2. The van der Waals surface area contributed by atoms with E-state index in [1.165, 1.54) is 5.69 Å². The first-order valence-corrected chi connectivity index (χ1v) is 9.51. The third-order valence-corrected chi connectivity index (χ3v) is 5.63. The number of rotatable bonds is 6. The first-order chi connectivity index (χ1) is 11.8. The van der Waals surface area contributed by atoms with Crippen LogP contribution in [0.2, 0.25) is 0 Å². The van der Waals surface area contributed by atoms with Crippen LogP contribution in [0.15, 0.2) is 24.3 Å². The van der Waals surface area contributed by atoms with Crippen LogP contribution < -0.4 is 10.2 Å². The number of amides is 1. The zero-order chi connectivity index (χ0) is 18.4. The molecule has 1 aliphatic rings. The number of aliphatic hydroxyl groups excluding tert-OH is 1. The van der Waals surface area contributed by atoms with E-state index in [1.807, 2.05) is 0 Å². The number of carbonyl (C=O) groups excluding carboxylic acids is 1. The second kappa shape index (κ2) is 8.70. The normalized spacial score (nSPS) is 17.4. The summed E-state index contributed by atoms with van der Waals surface area (Å²) in [4.78, 5) is 14.5. The fourth-order valence-electron chi connectivity index (χ4n) is 3.06. The summed E-state index contributed by atoms with van der Waals surface area (Å²) in [6, 6.07) is 8.47. The Labute approximate surface area is 152 Å². The number of carbonyl (C=O) groups is 1. The van der Waals surface area contributed by atoms with E-state index in [9.17, 15) is 9.90 Å². The van der Waals surface area contributed by atoms with Crippen molar-refractivity contribution in [3.05, 3.63) is 29.8 Å². The van der Waals surface area contributed by atoms with E-state index in [0.717, 1.165) is 31.5 Å². The monoisotopic (exact) mass is 346 g/mol. The molecule has 4 nitrogen and oxygen atoms in total. The summed E-state index contributed by atoms with van der Waals surface area (Å²) in [5.41, 5.74) is 2.52. The summed E-state index contributed by atoms with van der Waals surface area (Å²) < 4.78 is 0. The molecule has 1 aliphatic heterocycles. The van der Waals surface area contributed by atoms with Crippen LogP contribution in [0.5, 0.6) is 0 Å². The summed E-state index contributed by atoms with van der Waals surface area (Å²) in [5.74, 6) is 0.940. The smallest absolute Gasteiger partial charge is 0.220 e. The molecular weight excluding hydrogens is 312 g/mol. The zero-order valence-electron chi connectivity index (χ0n) is 16.2. The van der Waals surface area contributed by atoms with Crippen molar-refractivity contribution in [3.63, 3.8) is 0 Å². The molecule has 1 aromatic carbocycles. The average molecular weight is 347 g/mol. The molecule has 0 spiro atoms. The van der Waals surface area contributed by atoms with Gasteiger partial charge in [0.15, 0.2) is 0 Å². The molecule has 0 aromatic heterocycles. The van der Waals surface area contributed by atoms with Crippen molar-refractivity contribution in [2.24, 2.45) is 17.3 Å². The molecule has 2 rings (SSSR count). The molecular formula is C21H34N2O2. The summed E-state index contributed by atoms with van der Waals surface area (Å²) in [5, 5.41) is 12.3. The van der Waals surface area contributed by atoms with Gasteiger partial charge in [0.25, 0.3) is 0 Å². The fraction of sp³-hybridized carbons (Fsp3) is 0.667. The van der Waals surface area contributed by atoms with Gasteiger partial charge in [0, 0.05) is 38.3 Å². The Morgan fingerprint density at radius 1 is 1.24 bits per heavy atom. The zero-order valence-corrected chi connectivity index (χ0v) is 16.2. The Balaban J connectivity index is 1.80. The van der Waals surface area contributed by atoms with E-state index in [2.05, 4.69) is 62.2 Å². The summed E-state index contributed by atoms with van der Waals surface area (Å²) >= 11 is 0. The third kappa shape index (κ3) is 6.03. The molecule has 1 fully saturated rings. The number of hydrogen-bond acceptors (Lipinski definition) is 3. The molecule has 1 unspecified atom stereocenters. The molecule has 0 saturated carbocycles. The maximum absolute atomic E-state index is 12.1. The Bertz CT molecular complexity index is 540. The van der Waals surface area contributed by atoms with Crippen LogP contribution in [0.25, 0.3) is 0 Å². The van der Waals surface area contributed by atoms with Crippen LogP contribution >= 0.6 is 0 Å². The van der Waals surface area contributed by atoms with Gasteiger partial charge in [-0.05, 0) is 47.8 Å².